The van der Waals surface area contributed by atoms with Crippen molar-refractivity contribution in [2.45, 2.75) is 12.6 Å². The quantitative estimate of drug-likeness (QED) is 0.603. The second kappa shape index (κ2) is 8.06. The summed E-state index contributed by atoms with van der Waals surface area (Å²) in [7, 11) is 3.64. The highest BCUT2D eigenvalue weighted by molar-refractivity contribution is 6.30. The van der Waals surface area contributed by atoms with E-state index in [9.17, 15) is 13.2 Å². The zero-order valence-corrected chi connectivity index (χ0v) is 16.0. The summed E-state index contributed by atoms with van der Waals surface area (Å²) in [6.45, 7) is 0. The molecule has 146 valence electrons. The Morgan fingerprint density at radius 2 is 1.79 bits per heavy atom. The molecule has 3 aromatic rings. The predicted molar refractivity (Wildman–Crippen MR) is 105 cm³/mol. The molecule has 0 spiro atoms. The van der Waals surface area contributed by atoms with Crippen LogP contribution in [0.4, 0.5) is 30.5 Å². The zero-order valence-electron chi connectivity index (χ0n) is 15.3. The van der Waals surface area contributed by atoms with Gasteiger partial charge in [0.15, 0.2) is 0 Å². The van der Waals surface area contributed by atoms with Gasteiger partial charge in [0.1, 0.15) is 0 Å². The second-order valence-electron chi connectivity index (χ2n) is 6.43. The fraction of sp³-hybridized carbons (Fsp3) is 0.200. The van der Waals surface area contributed by atoms with Gasteiger partial charge in [-0.05, 0) is 35.9 Å². The van der Waals surface area contributed by atoms with Crippen molar-refractivity contribution < 1.29 is 13.2 Å². The Hall–Kier alpha value is -2.80. The van der Waals surface area contributed by atoms with Crippen LogP contribution in [0, 0.1) is 0 Å². The number of benzene rings is 2. The number of anilines is 3. The molecule has 0 fully saturated rings. The molecule has 0 aliphatic carbocycles. The third-order valence-electron chi connectivity index (χ3n) is 4.01. The van der Waals surface area contributed by atoms with Gasteiger partial charge in [0.05, 0.1) is 23.1 Å². The van der Waals surface area contributed by atoms with Crippen LogP contribution in [-0.4, -0.2) is 24.1 Å². The number of aromatic nitrogens is 2. The molecule has 0 aliphatic rings. The molecule has 2 aromatic carbocycles. The SMILES string of the molecule is CN(C)c1ncc(Nc2cccc(C(F)(F)F)c2)c(Cc2ccc(Cl)cc2)n1. The molecule has 0 aliphatic heterocycles. The van der Waals surface area contributed by atoms with Gasteiger partial charge in [-0.1, -0.05) is 29.8 Å². The fourth-order valence-corrected chi connectivity index (χ4v) is 2.71. The van der Waals surface area contributed by atoms with E-state index in [1.807, 2.05) is 26.2 Å². The molecule has 1 aromatic heterocycles. The van der Waals surface area contributed by atoms with E-state index in [1.54, 1.807) is 29.3 Å². The van der Waals surface area contributed by atoms with Crippen LogP contribution in [0.2, 0.25) is 5.02 Å². The van der Waals surface area contributed by atoms with Crippen molar-refractivity contribution in [3.63, 3.8) is 0 Å². The molecule has 0 bridgehead atoms. The number of rotatable bonds is 5. The minimum absolute atomic E-state index is 0.313. The van der Waals surface area contributed by atoms with Crippen molar-refractivity contribution in [3.8, 4) is 0 Å². The first-order valence-electron chi connectivity index (χ1n) is 8.44. The molecular weight excluding hydrogens is 389 g/mol. The Bertz CT molecular complexity index is 956. The van der Waals surface area contributed by atoms with Crippen molar-refractivity contribution in [3.05, 3.63) is 76.6 Å². The summed E-state index contributed by atoms with van der Waals surface area (Å²) in [6, 6.07) is 12.4. The number of hydrogen-bond donors (Lipinski definition) is 1. The minimum atomic E-state index is -4.41. The Morgan fingerprint density at radius 1 is 1.07 bits per heavy atom. The lowest BCUT2D eigenvalue weighted by molar-refractivity contribution is -0.137. The van der Waals surface area contributed by atoms with Crippen LogP contribution in [0.3, 0.4) is 0 Å². The zero-order chi connectivity index (χ0) is 20.3. The van der Waals surface area contributed by atoms with E-state index in [-0.39, 0.29) is 0 Å². The molecule has 0 saturated carbocycles. The Kier molecular flexibility index (Phi) is 5.74. The summed E-state index contributed by atoms with van der Waals surface area (Å²) >= 11 is 5.94. The molecule has 8 heteroatoms. The summed E-state index contributed by atoms with van der Waals surface area (Å²) in [6.07, 6.45) is -2.36. The van der Waals surface area contributed by atoms with Crippen LogP contribution < -0.4 is 10.2 Å². The van der Waals surface area contributed by atoms with Crippen LogP contribution >= 0.6 is 11.6 Å². The average molecular weight is 407 g/mol. The lowest BCUT2D eigenvalue weighted by Crippen LogP contribution is -2.14. The lowest BCUT2D eigenvalue weighted by Gasteiger charge is -2.16. The Morgan fingerprint density at radius 3 is 2.43 bits per heavy atom. The number of alkyl halides is 3. The molecule has 3 rings (SSSR count). The molecule has 4 nitrogen and oxygen atoms in total. The van der Waals surface area contributed by atoms with Crippen molar-refractivity contribution in [1.82, 2.24) is 9.97 Å². The maximum atomic E-state index is 13.0. The van der Waals surface area contributed by atoms with Crippen LogP contribution in [0.1, 0.15) is 16.8 Å². The first kappa shape index (κ1) is 19.9. The summed E-state index contributed by atoms with van der Waals surface area (Å²) in [5, 5.41) is 3.64. The number of hydrogen-bond acceptors (Lipinski definition) is 4. The molecule has 1 heterocycles. The third-order valence-corrected chi connectivity index (χ3v) is 4.26. The van der Waals surface area contributed by atoms with Gasteiger partial charge in [-0.25, -0.2) is 9.97 Å². The second-order valence-corrected chi connectivity index (χ2v) is 6.87. The van der Waals surface area contributed by atoms with E-state index >= 15 is 0 Å². The molecular formula is C20H18ClF3N4. The molecule has 0 atom stereocenters. The first-order chi connectivity index (χ1) is 13.2. The van der Waals surface area contributed by atoms with Crippen LogP contribution in [-0.2, 0) is 12.6 Å². The highest BCUT2D eigenvalue weighted by Gasteiger charge is 2.30. The highest BCUT2D eigenvalue weighted by atomic mass is 35.5. The van der Waals surface area contributed by atoms with Crippen molar-refractivity contribution >= 4 is 28.9 Å². The van der Waals surface area contributed by atoms with E-state index in [0.717, 1.165) is 17.7 Å². The van der Waals surface area contributed by atoms with E-state index in [4.69, 9.17) is 11.6 Å². The van der Waals surface area contributed by atoms with Crippen LogP contribution in [0.15, 0.2) is 54.7 Å². The number of nitrogens with zero attached hydrogens (tertiary/aromatic N) is 3. The molecule has 0 saturated heterocycles. The maximum absolute atomic E-state index is 13.0. The first-order valence-corrected chi connectivity index (χ1v) is 8.82. The Labute approximate surface area is 166 Å². The smallest absolute Gasteiger partial charge is 0.353 e. The van der Waals surface area contributed by atoms with Gasteiger partial charge in [-0.15, -0.1) is 0 Å². The van der Waals surface area contributed by atoms with Gasteiger partial charge in [0, 0.05) is 31.2 Å². The largest absolute Gasteiger partial charge is 0.416 e. The van der Waals surface area contributed by atoms with E-state index in [0.29, 0.717) is 34.5 Å². The van der Waals surface area contributed by atoms with Gasteiger partial charge >= 0.3 is 6.18 Å². The van der Waals surface area contributed by atoms with Crippen LogP contribution in [0.25, 0.3) is 0 Å². The summed E-state index contributed by atoms with van der Waals surface area (Å²) in [5.41, 5.74) is 1.77. The average Bonchev–Trinajstić information content (AvgIpc) is 2.64. The maximum Gasteiger partial charge on any atom is 0.416 e. The van der Waals surface area contributed by atoms with Gasteiger partial charge in [-0.2, -0.15) is 13.2 Å². The van der Waals surface area contributed by atoms with Crippen LogP contribution in [0.5, 0.6) is 0 Å². The fourth-order valence-electron chi connectivity index (χ4n) is 2.59. The van der Waals surface area contributed by atoms with E-state index in [1.165, 1.54) is 6.07 Å². The molecule has 1 N–H and O–H groups in total. The number of halogens is 4. The number of nitrogens with one attached hydrogen (secondary N) is 1. The van der Waals surface area contributed by atoms with E-state index in [2.05, 4.69) is 15.3 Å². The normalized spacial score (nSPS) is 11.4. The lowest BCUT2D eigenvalue weighted by atomic mass is 10.1. The van der Waals surface area contributed by atoms with Gasteiger partial charge in [-0.3, -0.25) is 0 Å². The molecule has 0 unspecified atom stereocenters. The van der Waals surface area contributed by atoms with E-state index < -0.39 is 11.7 Å². The topological polar surface area (TPSA) is 41.1 Å². The summed E-state index contributed by atoms with van der Waals surface area (Å²) < 4.78 is 38.9. The summed E-state index contributed by atoms with van der Waals surface area (Å²) in [4.78, 5) is 10.6. The van der Waals surface area contributed by atoms with Crippen molar-refractivity contribution in [2.24, 2.45) is 0 Å². The van der Waals surface area contributed by atoms with Gasteiger partial charge < -0.3 is 10.2 Å². The minimum Gasteiger partial charge on any atom is -0.353 e. The molecule has 28 heavy (non-hydrogen) atoms. The predicted octanol–water partition coefficient (Wildman–Crippen LogP) is 5.55. The molecule has 0 amide bonds. The standard InChI is InChI=1S/C20H18ClF3N4/c1-28(2)19-25-12-18(17(27-19)10-13-6-8-15(21)9-7-13)26-16-5-3-4-14(11-16)20(22,23)24/h3-9,11-12,26H,10H2,1-2H3. The van der Waals surface area contributed by atoms with Gasteiger partial charge in [0.2, 0.25) is 5.95 Å². The monoisotopic (exact) mass is 406 g/mol. The van der Waals surface area contributed by atoms with Crippen molar-refractivity contribution in [1.29, 1.82) is 0 Å². The molecule has 0 radical (unpaired) electrons. The Balaban J connectivity index is 1.95. The van der Waals surface area contributed by atoms with Gasteiger partial charge in [0.25, 0.3) is 0 Å². The summed E-state index contributed by atoms with van der Waals surface area (Å²) in [5.74, 6) is 0.513. The van der Waals surface area contributed by atoms with Crippen molar-refractivity contribution in [2.75, 3.05) is 24.3 Å². The highest BCUT2D eigenvalue weighted by Crippen LogP contribution is 2.32. The third kappa shape index (κ3) is 4.92.